The molecule has 28 heavy (non-hydrogen) atoms. The van der Waals surface area contributed by atoms with Crippen molar-refractivity contribution in [3.8, 4) is 0 Å². The lowest BCUT2D eigenvalue weighted by Gasteiger charge is -2.34. The van der Waals surface area contributed by atoms with E-state index in [4.69, 9.17) is 0 Å². The standard InChI is InChI=1S/C21H22FN3OS2/c1-2-27-17-6-3-15(4-7-17)13-20(26)24-9-11-25(12-10-24)21-23-18-8-5-16(22)14-19(18)28-21/h3-8,14H,2,9-13H2,1H3. The number of piperazine rings is 1. The number of carbonyl (C=O) groups excluding carboxylic acids is 1. The number of amides is 1. The number of thioether (sulfide) groups is 1. The van der Waals surface area contributed by atoms with Crippen molar-refractivity contribution < 1.29 is 9.18 Å². The van der Waals surface area contributed by atoms with E-state index in [2.05, 4.69) is 28.9 Å². The summed E-state index contributed by atoms with van der Waals surface area (Å²) < 4.78 is 14.2. The van der Waals surface area contributed by atoms with Crippen LogP contribution in [-0.2, 0) is 11.2 Å². The van der Waals surface area contributed by atoms with Crippen molar-refractivity contribution in [2.24, 2.45) is 0 Å². The van der Waals surface area contributed by atoms with Crippen LogP contribution in [0.1, 0.15) is 12.5 Å². The zero-order chi connectivity index (χ0) is 19.5. The minimum Gasteiger partial charge on any atom is -0.345 e. The zero-order valence-corrected chi connectivity index (χ0v) is 17.4. The number of carbonyl (C=O) groups is 1. The van der Waals surface area contributed by atoms with Crippen molar-refractivity contribution in [1.82, 2.24) is 9.88 Å². The van der Waals surface area contributed by atoms with Gasteiger partial charge in [0.2, 0.25) is 5.91 Å². The Bertz CT molecular complexity index is 965. The lowest BCUT2D eigenvalue weighted by Crippen LogP contribution is -2.49. The van der Waals surface area contributed by atoms with Crippen LogP contribution in [0.4, 0.5) is 9.52 Å². The monoisotopic (exact) mass is 415 g/mol. The van der Waals surface area contributed by atoms with E-state index in [9.17, 15) is 9.18 Å². The summed E-state index contributed by atoms with van der Waals surface area (Å²) in [7, 11) is 0. The molecule has 0 spiro atoms. The molecule has 2 heterocycles. The molecule has 2 aromatic carbocycles. The van der Waals surface area contributed by atoms with Crippen LogP contribution >= 0.6 is 23.1 Å². The van der Waals surface area contributed by atoms with Gasteiger partial charge in [-0.2, -0.15) is 0 Å². The molecule has 0 N–H and O–H groups in total. The van der Waals surface area contributed by atoms with Crippen molar-refractivity contribution in [1.29, 1.82) is 0 Å². The van der Waals surface area contributed by atoms with Gasteiger partial charge in [-0.05, 0) is 41.6 Å². The largest absolute Gasteiger partial charge is 0.345 e. The van der Waals surface area contributed by atoms with Crippen LogP contribution in [0, 0.1) is 5.82 Å². The van der Waals surface area contributed by atoms with Gasteiger partial charge in [-0.1, -0.05) is 30.4 Å². The van der Waals surface area contributed by atoms with E-state index in [-0.39, 0.29) is 11.7 Å². The van der Waals surface area contributed by atoms with Gasteiger partial charge in [-0.3, -0.25) is 4.79 Å². The van der Waals surface area contributed by atoms with Crippen molar-refractivity contribution >= 4 is 44.4 Å². The molecule has 0 saturated carbocycles. The number of thiazole rings is 1. The van der Waals surface area contributed by atoms with Gasteiger partial charge in [-0.15, -0.1) is 11.8 Å². The maximum atomic E-state index is 13.4. The van der Waals surface area contributed by atoms with Gasteiger partial charge < -0.3 is 9.80 Å². The maximum Gasteiger partial charge on any atom is 0.227 e. The first kappa shape index (κ1) is 19.2. The van der Waals surface area contributed by atoms with Crippen molar-refractivity contribution in [3.63, 3.8) is 0 Å². The van der Waals surface area contributed by atoms with Crippen LogP contribution in [0.3, 0.4) is 0 Å². The highest BCUT2D eigenvalue weighted by Crippen LogP contribution is 2.30. The van der Waals surface area contributed by atoms with Crippen molar-refractivity contribution in [3.05, 3.63) is 53.8 Å². The highest BCUT2D eigenvalue weighted by molar-refractivity contribution is 7.99. The minimum atomic E-state index is -0.237. The third kappa shape index (κ3) is 4.31. The lowest BCUT2D eigenvalue weighted by atomic mass is 10.1. The molecule has 3 aromatic rings. The first-order valence-corrected chi connectivity index (χ1v) is 11.2. The second-order valence-electron chi connectivity index (χ2n) is 6.73. The topological polar surface area (TPSA) is 36.4 Å². The number of aromatic nitrogens is 1. The highest BCUT2D eigenvalue weighted by Gasteiger charge is 2.23. The first-order valence-electron chi connectivity index (χ1n) is 9.43. The Kier molecular flexibility index (Phi) is 5.82. The maximum absolute atomic E-state index is 13.4. The number of rotatable bonds is 5. The van der Waals surface area contributed by atoms with Gasteiger partial charge in [0.1, 0.15) is 5.82 Å². The number of nitrogens with zero attached hydrogens (tertiary/aromatic N) is 3. The molecule has 146 valence electrons. The van der Waals surface area contributed by atoms with Gasteiger partial charge in [0.25, 0.3) is 0 Å². The fourth-order valence-corrected chi connectivity index (χ4v) is 5.03. The number of benzene rings is 2. The molecule has 4 rings (SSSR count). The Hall–Kier alpha value is -2.12. The predicted octanol–water partition coefficient (Wildman–Crippen LogP) is 4.44. The zero-order valence-electron chi connectivity index (χ0n) is 15.7. The summed E-state index contributed by atoms with van der Waals surface area (Å²) in [6, 6.07) is 13.0. The molecule has 1 aromatic heterocycles. The normalized spacial score (nSPS) is 14.6. The fraction of sp³-hybridized carbons (Fsp3) is 0.333. The SMILES string of the molecule is CCSc1ccc(CC(=O)N2CCN(c3nc4ccc(F)cc4s3)CC2)cc1. The molecule has 1 amide bonds. The van der Waals surface area contributed by atoms with Crippen LogP contribution in [0.25, 0.3) is 10.2 Å². The molecule has 0 bridgehead atoms. The molecule has 1 aliphatic heterocycles. The summed E-state index contributed by atoms with van der Waals surface area (Å²) in [6.07, 6.45) is 0.442. The van der Waals surface area contributed by atoms with E-state index in [1.54, 1.807) is 17.8 Å². The van der Waals surface area contributed by atoms with E-state index in [0.717, 1.165) is 39.8 Å². The van der Waals surface area contributed by atoms with Gasteiger partial charge >= 0.3 is 0 Å². The molecule has 4 nitrogen and oxygen atoms in total. The summed E-state index contributed by atoms with van der Waals surface area (Å²) >= 11 is 3.31. The van der Waals surface area contributed by atoms with E-state index in [1.807, 2.05) is 17.0 Å². The van der Waals surface area contributed by atoms with Gasteiger partial charge in [0.15, 0.2) is 5.13 Å². The fourth-order valence-electron chi connectivity index (χ4n) is 3.33. The molecular weight excluding hydrogens is 393 g/mol. The van der Waals surface area contributed by atoms with Crippen LogP contribution < -0.4 is 4.90 Å². The molecule has 1 fully saturated rings. The molecular formula is C21H22FN3OS2. The quantitative estimate of drug-likeness (QED) is 0.578. The summed E-state index contributed by atoms with van der Waals surface area (Å²) in [5.74, 6) is 0.980. The number of anilines is 1. The number of hydrogen-bond donors (Lipinski definition) is 0. The Morgan fingerprint density at radius 1 is 1.14 bits per heavy atom. The second kappa shape index (κ2) is 8.49. The summed E-state index contributed by atoms with van der Waals surface area (Å²) in [4.78, 5) is 22.6. The summed E-state index contributed by atoms with van der Waals surface area (Å²) in [5.41, 5.74) is 1.88. The Morgan fingerprint density at radius 3 is 2.61 bits per heavy atom. The number of fused-ring (bicyclic) bond motifs is 1. The average molecular weight is 416 g/mol. The molecule has 1 saturated heterocycles. The Labute approximate surface area is 172 Å². The van der Waals surface area contributed by atoms with E-state index < -0.39 is 0 Å². The van der Waals surface area contributed by atoms with Crippen molar-refractivity contribution in [2.75, 3.05) is 36.8 Å². The first-order chi connectivity index (χ1) is 13.6. The summed E-state index contributed by atoms with van der Waals surface area (Å²) in [6.45, 7) is 5.01. The summed E-state index contributed by atoms with van der Waals surface area (Å²) in [5, 5.41) is 0.900. The van der Waals surface area contributed by atoms with Crippen LogP contribution in [0.15, 0.2) is 47.4 Å². The van der Waals surface area contributed by atoms with Gasteiger partial charge in [0, 0.05) is 31.1 Å². The van der Waals surface area contributed by atoms with E-state index >= 15 is 0 Å². The molecule has 0 atom stereocenters. The second-order valence-corrected chi connectivity index (χ2v) is 9.08. The highest BCUT2D eigenvalue weighted by atomic mass is 32.2. The average Bonchev–Trinajstić information content (AvgIpc) is 3.13. The molecule has 0 radical (unpaired) electrons. The molecule has 0 aliphatic carbocycles. The predicted molar refractivity (Wildman–Crippen MR) is 115 cm³/mol. The van der Waals surface area contributed by atoms with E-state index in [1.165, 1.54) is 28.4 Å². The third-order valence-electron chi connectivity index (χ3n) is 4.83. The Balaban J connectivity index is 1.34. The molecule has 1 aliphatic rings. The van der Waals surface area contributed by atoms with Crippen molar-refractivity contribution in [2.45, 2.75) is 18.2 Å². The van der Waals surface area contributed by atoms with Crippen LogP contribution in [0.5, 0.6) is 0 Å². The lowest BCUT2D eigenvalue weighted by molar-refractivity contribution is -0.130. The number of hydrogen-bond acceptors (Lipinski definition) is 5. The number of halogens is 1. The third-order valence-corrected chi connectivity index (χ3v) is 6.80. The Morgan fingerprint density at radius 2 is 1.89 bits per heavy atom. The smallest absolute Gasteiger partial charge is 0.227 e. The van der Waals surface area contributed by atoms with Gasteiger partial charge in [-0.25, -0.2) is 9.37 Å². The van der Waals surface area contributed by atoms with E-state index in [0.29, 0.717) is 19.5 Å². The van der Waals surface area contributed by atoms with Crippen LogP contribution in [0.2, 0.25) is 0 Å². The molecule has 0 unspecified atom stereocenters. The molecule has 7 heteroatoms. The van der Waals surface area contributed by atoms with Crippen LogP contribution in [-0.4, -0.2) is 47.7 Å². The van der Waals surface area contributed by atoms with Gasteiger partial charge in [0.05, 0.1) is 16.6 Å². The minimum absolute atomic E-state index is 0.168.